The molecule has 4 aliphatic heterocycles. The van der Waals surface area contributed by atoms with Crippen LogP contribution in [0.1, 0.15) is 58.2 Å². The lowest BCUT2D eigenvalue weighted by Gasteiger charge is -2.43. The Hall–Kier alpha value is -0.480. The molecular formula is C32H50I2N2O6. The lowest BCUT2D eigenvalue weighted by Crippen LogP contribution is -2.49. The first-order chi connectivity index (χ1) is 20.0. The molecule has 4 heterocycles. The molecule has 2 saturated heterocycles. The fraction of sp³-hybridized carbons (Fsp3) is 0.688. The van der Waals surface area contributed by atoms with Crippen LogP contribution in [-0.4, -0.2) is 88.5 Å². The Morgan fingerprint density at radius 2 is 1.24 bits per heavy atom. The molecule has 8 nitrogen and oxygen atoms in total. The standard InChI is InChI=1S/C16H23NO3.C16H27NO3.I2/c1-9-6-10(2)12-8-17(13(12)7-9)16-15(19-5)14(18-4)11(3)20-16;1-9-8-10(2)17(12(4)11(9)3)16-15(19-7)14(18-6)13(5)20-16;1-2/h6-7,11,14-16H,8H2,1-5H3;8,10,13-16H,1-7H3;/t11-,14?,15?,16-;10?,13-,14?,15?,16-;/m00./s1. The molecule has 1 aromatic rings. The van der Waals surface area contributed by atoms with Crippen molar-refractivity contribution >= 4 is 42.9 Å². The highest BCUT2D eigenvalue weighted by Gasteiger charge is 2.49. The molecule has 0 bridgehead atoms. The maximum atomic E-state index is 6.14. The fourth-order valence-corrected chi connectivity index (χ4v) is 6.84. The third kappa shape index (κ3) is 7.00. The second-order valence-corrected chi connectivity index (χ2v) is 11.7. The van der Waals surface area contributed by atoms with Gasteiger partial charge in [-0.15, -0.1) is 0 Å². The molecule has 1 aromatic carbocycles. The molecule has 4 aliphatic rings. The van der Waals surface area contributed by atoms with E-state index in [0.29, 0.717) is 6.04 Å². The van der Waals surface area contributed by atoms with Crippen LogP contribution in [0.15, 0.2) is 35.1 Å². The average molecular weight is 813 g/mol. The average Bonchev–Trinajstić information content (AvgIpc) is 3.44. The molecule has 0 aromatic heterocycles. The zero-order valence-electron chi connectivity index (χ0n) is 27.2. The molecule has 42 heavy (non-hydrogen) atoms. The summed E-state index contributed by atoms with van der Waals surface area (Å²) in [6.07, 6.45) is 2.02. The summed E-state index contributed by atoms with van der Waals surface area (Å²) in [5.74, 6) is 0. The molecule has 2 fully saturated rings. The molecule has 0 amide bonds. The summed E-state index contributed by atoms with van der Waals surface area (Å²) in [6.45, 7) is 18.0. The molecule has 5 unspecified atom stereocenters. The molecular weight excluding hydrogens is 762 g/mol. The van der Waals surface area contributed by atoms with Crippen LogP contribution in [0.4, 0.5) is 5.69 Å². The molecule has 0 N–H and O–H groups in total. The Bertz CT molecular complexity index is 1130. The van der Waals surface area contributed by atoms with E-state index in [1.165, 1.54) is 39.2 Å². The molecule has 0 spiro atoms. The van der Waals surface area contributed by atoms with Gasteiger partial charge in [-0.1, -0.05) is 12.1 Å². The molecule has 0 saturated carbocycles. The smallest absolute Gasteiger partial charge is 0.160 e. The van der Waals surface area contributed by atoms with Crippen molar-refractivity contribution in [3.05, 3.63) is 51.7 Å². The van der Waals surface area contributed by atoms with E-state index < -0.39 is 0 Å². The third-order valence-corrected chi connectivity index (χ3v) is 9.20. The number of methoxy groups -OCH3 is 4. The molecule has 10 heteroatoms. The number of halogens is 2. The van der Waals surface area contributed by atoms with E-state index >= 15 is 0 Å². The predicted octanol–water partition coefficient (Wildman–Crippen LogP) is 6.88. The zero-order chi connectivity index (χ0) is 31.5. The van der Waals surface area contributed by atoms with Gasteiger partial charge in [0.15, 0.2) is 12.5 Å². The van der Waals surface area contributed by atoms with Gasteiger partial charge in [0.1, 0.15) is 24.4 Å². The quantitative estimate of drug-likeness (QED) is 0.289. The van der Waals surface area contributed by atoms with Gasteiger partial charge in [0.2, 0.25) is 0 Å². The minimum Gasteiger partial charge on any atom is -0.376 e. The number of aryl methyl sites for hydroxylation is 2. The summed E-state index contributed by atoms with van der Waals surface area (Å²) in [4.78, 5) is 4.60. The van der Waals surface area contributed by atoms with Crippen molar-refractivity contribution in [2.75, 3.05) is 33.3 Å². The van der Waals surface area contributed by atoms with Crippen LogP contribution < -0.4 is 4.90 Å². The number of fused-ring (bicyclic) bond motifs is 1. The highest BCUT2D eigenvalue weighted by atomic mass is 128. The van der Waals surface area contributed by atoms with Crippen molar-refractivity contribution in [3.8, 4) is 0 Å². The van der Waals surface area contributed by atoms with Gasteiger partial charge in [-0.25, -0.2) is 0 Å². The van der Waals surface area contributed by atoms with E-state index in [9.17, 15) is 0 Å². The number of benzene rings is 1. The number of ether oxygens (including phenoxy) is 6. The topological polar surface area (TPSA) is 61.9 Å². The van der Waals surface area contributed by atoms with Crippen LogP contribution in [0.5, 0.6) is 0 Å². The van der Waals surface area contributed by atoms with Crippen LogP contribution in [0, 0.1) is 13.8 Å². The van der Waals surface area contributed by atoms with E-state index in [1.807, 2.05) is 13.8 Å². The van der Waals surface area contributed by atoms with Crippen molar-refractivity contribution in [2.45, 2.75) is 117 Å². The minimum absolute atomic E-state index is 0.0139. The Kier molecular flexibility index (Phi) is 13.4. The lowest BCUT2D eigenvalue weighted by molar-refractivity contribution is -0.0919. The highest BCUT2D eigenvalue weighted by Crippen LogP contribution is 2.42. The van der Waals surface area contributed by atoms with Gasteiger partial charge < -0.3 is 38.2 Å². The SMILES string of the molecule is COC1C(OC)[C@@H](N2C(C)=C(C)C(C)=CC2C)O[C@H]1C.COC1C(OC)[C@@H](N2Cc3c(C)cc(C)cc32)O[C@H]1C.II. The summed E-state index contributed by atoms with van der Waals surface area (Å²) in [5.41, 5.74) is 9.26. The van der Waals surface area contributed by atoms with Crippen molar-refractivity contribution < 1.29 is 28.4 Å². The van der Waals surface area contributed by atoms with Gasteiger partial charge >= 0.3 is 0 Å². The first kappa shape index (κ1) is 36.0. The largest absolute Gasteiger partial charge is 0.376 e. The summed E-state index contributed by atoms with van der Waals surface area (Å²) >= 11 is 4.24. The molecule has 0 aliphatic carbocycles. The number of nitrogens with zero attached hydrogens (tertiary/aromatic N) is 2. The predicted molar refractivity (Wildman–Crippen MR) is 185 cm³/mol. The maximum Gasteiger partial charge on any atom is 0.160 e. The monoisotopic (exact) mass is 812 g/mol. The zero-order valence-corrected chi connectivity index (χ0v) is 31.6. The van der Waals surface area contributed by atoms with Crippen LogP contribution in [-0.2, 0) is 35.0 Å². The van der Waals surface area contributed by atoms with Crippen molar-refractivity contribution in [1.82, 2.24) is 4.90 Å². The van der Waals surface area contributed by atoms with Crippen molar-refractivity contribution in [1.29, 1.82) is 0 Å². The normalized spacial score (nSPS) is 33.8. The molecule has 0 radical (unpaired) electrons. The van der Waals surface area contributed by atoms with Gasteiger partial charge in [-0.3, -0.25) is 0 Å². The summed E-state index contributed by atoms with van der Waals surface area (Å²) in [5, 5.41) is 0. The summed E-state index contributed by atoms with van der Waals surface area (Å²) < 4.78 is 34.6. The van der Waals surface area contributed by atoms with E-state index in [2.05, 4.69) is 107 Å². The number of allylic oxidation sites excluding steroid dienone is 3. The second kappa shape index (κ2) is 15.7. The number of anilines is 1. The van der Waals surface area contributed by atoms with Crippen LogP contribution in [0.25, 0.3) is 0 Å². The fourth-order valence-electron chi connectivity index (χ4n) is 6.84. The van der Waals surface area contributed by atoms with E-state index in [0.717, 1.165) is 6.54 Å². The number of hydrogen-bond acceptors (Lipinski definition) is 8. The maximum absolute atomic E-state index is 6.14. The van der Waals surface area contributed by atoms with E-state index in [-0.39, 0.29) is 49.1 Å². The lowest BCUT2D eigenvalue weighted by atomic mass is 9.94. The summed E-state index contributed by atoms with van der Waals surface area (Å²) in [7, 11) is 6.90. The van der Waals surface area contributed by atoms with Crippen molar-refractivity contribution in [3.63, 3.8) is 0 Å². The third-order valence-electron chi connectivity index (χ3n) is 9.20. The second-order valence-electron chi connectivity index (χ2n) is 11.7. The van der Waals surface area contributed by atoms with E-state index in [1.54, 1.807) is 28.4 Å². The van der Waals surface area contributed by atoms with Gasteiger partial charge in [-0.05, 0) is 89.3 Å². The van der Waals surface area contributed by atoms with Crippen molar-refractivity contribution in [2.24, 2.45) is 0 Å². The van der Waals surface area contributed by atoms with Crippen LogP contribution >= 0.6 is 37.2 Å². The van der Waals surface area contributed by atoms with Gasteiger partial charge in [0.25, 0.3) is 0 Å². The number of rotatable bonds is 6. The Balaban J connectivity index is 0.000000218. The number of hydrogen-bond donors (Lipinski definition) is 0. The van der Waals surface area contributed by atoms with Gasteiger partial charge in [0.05, 0.1) is 12.2 Å². The first-order valence-corrected chi connectivity index (χ1v) is 20.8. The van der Waals surface area contributed by atoms with Gasteiger partial charge in [0, 0.05) is 89.6 Å². The molecule has 5 rings (SSSR count). The van der Waals surface area contributed by atoms with Gasteiger partial charge in [-0.2, -0.15) is 0 Å². The highest BCUT2D eigenvalue weighted by molar-refractivity contribution is 15.0. The Labute approximate surface area is 276 Å². The Morgan fingerprint density at radius 3 is 1.76 bits per heavy atom. The van der Waals surface area contributed by atoms with Crippen LogP contribution in [0.3, 0.4) is 0 Å². The summed E-state index contributed by atoms with van der Waals surface area (Å²) in [6, 6.07) is 4.76. The first-order valence-electron chi connectivity index (χ1n) is 14.6. The van der Waals surface area contributed by atoms with Crippen LogP contribution in [0.2, 0.25) is 0 Å². The minimum atomic E-state index is -0.103. The van der Waals surface area contributed by atoms with E-state index in [4.69, 9.17) is 28.4 Å². The molecule has 238 valence electrons. The Morgan fingerprint density at radius 1 is 0.738 bits per heavy atom. The molecule has 9 atom stereocenters.